The minimum absolute atomic E-state index is 0.0175. The smallest absolute Gasteiger partial charge is 0.242 e. The first-order chi connectivity index (χ1) is 13.0. The summed E-state index contributed by atoms with van der Waals surface area (Å²) in [5.74, 6) is -0.137. The number of nitrogens with one attached hydrogen (secondary N) is 1. The van der Waals surface area contributed by atoms with Crippen LogP contribution < -0.4 is 10.2 Å². The molecule has 0 saturated carbocycles. The van der Waals surface area contributed by atoms with Crippen LogP contribution in [0.4, 0.5) is 5.69 Å². The molecule has 0 aliphatic carbocycles. The highest BCUT2D eigenvalue weighted by Gasteiger charge is 2.21. The Morgan fingerprint density at radius 1 is 0.926 bits per heavy atom. The largest absolute Gasteiger partial charge is 0.368 e. The van der Waals surface area contributed by atoms with Crippen molar-refractivity contribution in [2.75, 3.05) is 37.6 Å². The van der Waals surface area contributed by atoms with E-state index in [1.807, 2.05) is 36.1 Å². The minimum Gasteiger partial charge on any atom is -0.368 e. The predicted octanol–water partition coefficient (Wildman–Crippen LogP) is 2.31. The summed E-state index contributed by atoms with van der Waals surface area (Å²) >= 11 is 0. The zero-order valence-corrected chi connectivity index (χ0v) is 16.1. The summed E-state index contributed by atoms with van der Waals surface area (Å²) in [6.45, 7) is 7.15. The number of rotatable bonds is 5. The van der Waals surface area contributed by atoms with Gasteiger partial charge in [-0.1, -0.05) is 42.0 Å². The number of amides is 2. The second kappa shape index (κ2) is 8.71. The molecular weight excluding hydrogens is 338 g/mol. The lowest BCUT2D eigenvalue weighted by Gasteiger charge is -2.36. The molecule has 0 aromatic heterocycles. The van der Waals surface area contributed by atoms with Gasteiger partial charge in [0.25, 0.3) is 0 Å². The fourth-order valence-corrected chi connectivity index (χ4v) is 3.28. The van der Waals surface area contributed by atoms with E-state index < -0.39 is 0 Å². The van der Waals surface area contributed by atoms with Gasteiger partial charge in [-0.05, 0) is 37.1 Å². The summed E-state index contributed by atoms with van der Waals surface area (Å²) in [4.78, 5) is 28.6. The number of carbonyl (C=O) groups excluding carboxylic acids is 2. The third-order valence-corrected chi connectivity index (χ3v) is 4.92. The Morgan fingerprint density at radius 2 is 1.63 bits per heavy atom. The van der Waals surface area contributed by atoms with Gasteiger partial charge in [0.15, 0.2) is 0 Å². The maximum Gasteiger partial charge on any atom is 0.242 e. The maximum atomic E-state index is 12.4. The van der Waals surface area contributed by atoms with Gasteiger partial charge in [0, 0.05) is 31.9 Å². The van der Waals surface area contributed by atoms with Crippen LogP contribution in [0.2, 0.25) is 0 Å². The topological polar surface area (TPSA) is 52.7 Å². The molecule has 1 N–H and O–H groups in total. The summed E-state index contributed by atoms with van der Waals surface area (Å²) in [5.41, 5.74) is 4.56. The van der Waals surface area contributed by atoms with Crippen molar-refractivity contribution < 1.29 is 9.59 Å². The Balaban J connectivity index is 1.42. The number of anilines is 1. The molecule has 5 nitrogen and oxygen atoms in total. The van der Waals surface area contributed by atoms with E-state index in [9.17, 15) is 9.59 Å². The average molecular weight is 365 g/mol. The van der Waals surface area contributed by atoms with Crippen LogP contribution in [0.1, 0.15) is 16.7 Å². The van der Waals surface area contributed by atoms with Crippen molar-refractivity contribution in [1.82, 2.24) is 10.2 Å². The van der Waals surface area contributed by atoms with Gasteiger partial charge in [-0.25, -0.2) is 0 Å². The van der Waals surface area contributed by atoms with Crippen molar-refractivity contribution in [3.8, 4) is 0 Å². The van der Waals surface area contributed by atoms with Gasteiger partial charge in [0.2, 0.25) is 11.8 Å². The summed E-state index contributed by atoms with van der Waals surface area (Å²) < 4.78 is 0. The molecule has 0 spiro atoms. The van der Waals surface area contributed by atoms with E-state index in [-0.39, 0.29) is 18.4 Å². The molecule has 1 heterocycles. The molecule has 5 heteroatoms. The molecule has 2 amide bonds. The van der Waals surface area contributed by atoms with Crippen LogP contribution in [0.5, 0.6) is 0 Å². The normalized spacial score (nSPS) is 14.1. The third kappa shape index (κ3) is 5.33. The highest BCUT2D eigenvalue weighted by molar-refractivity contribution is 5.85. The summed E-state index contributed by atoms with van der Waals surface area (Å²) in [7, 11) is 0. The Morgan fingerprint density at radius 3 is 2.30 bits per heavy atom. The third-order valence-electron chi connectivity index (χ3n) is 4.92. The molecule has 1 aliphatic heterocycles. The second-order valence-electron chi connectivity index (χ2n) is 7.15. The molecule has 142 valence electrons. The lowest BCUT2D eigenvalue weighted by molar-refractivity contribution is -0.133. The number of hydrogen-bond donors (Lipinski definition) is 1. The number of piperazine rings is 1. The Hall–Kier alpha value is -2.82. The van der Waals surface area contributed by atoms with Crippen LogP contribution in [0.3, 0.4) is 0 Å². The van der Waals surface area contributed by atoms with Crippen molar-refractivity contribution in [1.29, 1.82) is 0 Å². The number of nitrogens with zero attached hydrogens (tertiary/aromatic N) is 2. The lowest BCUT2D eigenvalue weighted by Crippen LogP contribution is -2.51. The SMILES string of the molecule is Cc1ccc(CC(=O)NCC(=O)N2CCN(c3cccc(C)c3)CC2)cc1. The molecule has 2 aromatic rings. The lowest BCUT2D eigenvalue weighted by atomic mass is 10.1. The summed E-state index contributed by atoms with van der Waals surface area (Å²) in [6.07, 6.45) is 0.300. The van der Waals surface area contributed by atoms with Crippen LogP contribution >= 0.6 is 0 Å². The standard InChI is InChI=1S/C22H27N3O2/c1-17-6-8-19(9-7-17)15-21(26)23-16-22(27)25-12-10-24(11-13-25)20-5-3-4-18(2)14-20/h3-9,14H,10-13,15-16H2,1-2H3,(H,23,26). The summed E-state index contributed by atoms with van der Waals surface area (Å²) in [5, 5.41) is 2.75. The highest BCUT2D eigenvalue weighted by atomic mass is 16.2. The van der Waals surface area contributed by atoms with E-state index in [0.29, 0.717) is 19.5 Å². The molecule has 3 rings (SSSR count). The molecule has 1 aliphatic rings. The van der Waals surface area contributed by atoms with Gasteiger partial charge >= 0.3 is 0 Å². The van der Waals surface area contributed by atoms with E-state index in [0.717, 1.165) is 18.7 Å². The number of aryl methyl sites for hydroxylation is 2. The molecule has 0 bridgehead atoms. The van der Waals surface area contributed by atoms with Crippen LogP contribution in [-0.4, -0.2) is 49.4 Å². The first-order valence-electron chi connectivity index (χ1n) is 9.43. The van der Waals surface area contributed by atoms with E-state index in [2.05, 4.69) is 41.4 Å². The Kier molecular flexibility index (Phi) is 6.12. The zero-order valence-electron chi connectivity index (χ0n) is 16.1. The van der Waals surface area contributed by atoms with Crippen molar-refractivity contribution in [2.45, 2.75) is 20.3 Å². The Labute approximate surface area is 161 Å². The average Bonchev–Trinajstić information content (AvgIpc) is 2.68. The van der Waals surface area contributed by atoms with Crippen LogP contribution in [0.25, 0.3) is 0 Å². The first-order valence-corrected chi connectivity index (χ1v) is 9.43. The monoisotopic (exact) mass is 365 g/mol. The highest BCUT2D eigenvalue weighted by Crippen LogP contribution is 2.17. The van der Waals surface area contributed by atoms with E-state index in [1.165, 1.54) is 16.8 Å². The fraction of sp³-hybridized carbons (Fsp3) is 0.364. The van der Waals surface area contributed by atoms with Gasteiger partial charge in [-0.15, -0.1) is 0 Å². The molecule has 0 radical (unpaired) electrons. The van der Waals surface area contributed by atoms with Crippen LogP contribution in [-0.2, 0) is 16.0 Å². The summed E-state index contributed by atoms with van der Waals surface area (Å²) in [6, 6.07) is 16.3. The van der Waals surface area contributed by atoms with E-state index in [4.69, 9.17) is 0 Å². The molecule has 2 aromatic carbocycles. The molecule has 27 heavy (non-hydrogen) atoms. The van der Waals surface area contributed by atoms with Crippen LogP contribution in [0.15, 0.2) is 48.5 Å². The molecule has 0 unspecified atom stereocenters. The molecule has 1 fully saturated rings. The molecule has 1 saturated heterocycles. The van der Waals surface area contributed by atoms with Crippen molar-refractivity contribution >= 4 is 17.5 Å². The number of hydrogen-bond acceptors (Lipinski definition) is 3. The van der Waals surface area contributed by atoms with Crippen molar-refractivity contribution in [3.63, 3.8) is 0 Å². The van der Waals surface area contributed by atoms with Gasteiger partial charge in [0.1, 0.15) is 0 Å². The number of carbonyl (C=O) groups is 2. The quantitative estimate of drug-likeness (QED) is 0.885. The Bertz CT molecular complexity index is 793. The van der Waals surface area contributed by atoms with Crippen molar-refractivity contribution in [3.05, 3.63) is 65.2 Å². The van der Waals surface area contributed by atoms with Crippen LogP contribution in [0, 0.1) is 13.8 Å². The first kappa shape index (κ1) is 19.0. The van der Waals surface area contributed by atoms with Gasteiger partial charge in [-0.3, -0.25) is 9.59 Å². The van der Waals surface area contributed by atoms with Gasteiger partial charge in [-0.2, -0.15) is 0 Å². The molecular formula is C22H27N3O2. The maximum absolute atomic E-state index is 12.4. The predicted molar refractivity (Wildman–Crippen MR) is 108 cm³/mol. The second-order valence-corrected chi connectivity index (χ2v) is 7.15. The minimum atomic E-state index is -0.120. The van der Waals surface area contributed by atoms with Crippen molar-refractivity contribution in [2.24, 2.45) is 0 Å². The van der Waals surface area contributed by atoms with Gasteiger partial charge < -0.3 is 15.1 Å². The zero-order chi connectivity index (χ0) is 19.2. The van der Waals surface area contributed by atoms with E-state index >= 15 is 0 Å². The fourth-order valence-electron chi connectivity index (χ4n) is 3.28. The van der Waals surface area contributed by atoms with E-state index in [1.54, 1.807) is 0 Å². The van der Waals surface area contributed by atoms with Gasteiger partial charge in [0.05, 0.1) is 13.0 Å². The number of benzene rings is 2. The molecule has 0 atom stereocenters.